The van der Waals surface area contributed by atoms with Crippen LogP contribution >= 0.6 is 0 Å². The van der Waals surface area contributed by atoms with Gasteiger partial charge in [-0.1, -0.05) is 13.0 Å². The minimum absolute atomic E-state index is 0.202. The molecule has 1 aromatic rings. The molecule has 1 unspecified atom stereocenters. The van der Waals surface area contributed by atoms with Gasteiger partial charge < -0.3 is 19.7 Å². The van der Waals surface area contributed by atoms with Gasteiger partial charge in [-0.25, -0.2) is 4.79 Å². The number of amides is 4. The van der Waals surface area contributed by atoms with Crippen LogP contribution in [0.15, 0.2) is 18.2 Å². The molecular formula is C20H27N3O5. The zero-order valence-corrected chi connectivity index (χ0v) is 16.8. The van der Waals surface area contributed by atoms with E-state index in [2.05, 4.69) is 12.2 Å². The zero-order valence-electron chi connectivity index (χ0n) is 16.8. The number of piperidine rings is 1. The van der Waals surface area contributed by atoms with Gasteiger partial charge >= 0.3 is 6.03 Å². The highest BCUT2D eigenvalue weighted by atomic mass is 16.5. The lowest BCUT2D eigenvalue weighted by molar-refractivity contribution is -0.139. The van der Waals surface area contributed by atoms with Crippen molar-refractivity contribution in [1.29, 1.82) is 0 Å². The van der Waals surface area contributed by atoms with Gasteiger partial charge in [0.1, 0.15) is 12.1 Å². The van der Waals surface area contributed by atoms with Gasteiger partial charge in [-0.3, -0.25) is 14.5 Å². The highest BCUT2D eigenvalue weighted by Crippen LogP contribution is 2.35. The van der Waals surface area contributed by atoms with Gasteiger partial charge in [0.15, 0.2) is 11.5 Å². The highest BCUT2D eigenvalue weighted by Gasteiger charge is 2.50. The fraction of sp³-hybridized carbons (Fsp3) is 0.550. The Kier molecular flexibility index (Phi) is 5.49. The van der Waals surface area contributed by atoms with Crippen molar-refractivity contribution in [2.45, 2.75) is 32.2 Å². The Hall–Kier alpha value is -2.77. The van der Waals surface area contributed by atoms with E-state index in [1.807, 2.05) is 0 Å². The van der Waals surface area contributed by atoms with Gasteiger partial charge in [0.2, 0.25) is 5.91 Å². The number of carbonyl (C=O) groups is 3. The molecule has 1 atom stereocenters. The number of urea groups is 1. The number of benzene rings is 1. The summed E-state index contributed by atoms with van der Waals surface area (Å²) in [5, 5.41) is 2.72. The first-order valence-electron chi connectivity index (χ1n) is 9.44. The topological polar surface area (TPSA) is 88.2 Å². The average Bonchev–Trinajstić information content (AvgIpc) is 2.91. The Morgan fingerprint density at radius 1 is 1.18 bits per heavy atom. The third-order valence-electron chi connectivity index (χ3n) is 5.67. The van der Waals surface area contributed by atoms with E-state index in [1.165, 1.54) is 14.2 Å². The van der Waals surface area contributed by atoms with Gasteiger partial charge in [0, 0.05) is 13.1 Å². The number of hydrogen-bond donors (Lipinski definition) is 1. The number of likely N-dealkylation sites (tertiary alicyclic amines) is 1. The summed E-state index contributed by atoms with van der Waals surface area (Å²) >= 11 is 0. The van der Waals surface area contributed by atoms with Crippen LogP contribution < -0.4 is 14.8 Å². The molecule has 2 aliphatic heterocycles. The minimum Gasteiger partial charge on any atom is -0.493 e. The number of imide groups is 1. The van der Waals surface area contributed by atoms with E-state index in [0.29, 0.717) is 36.1 Å². The molecule has 0 spiro atoms. The Bertz CT molecular complexity index is 788. The molecule has 152 valence electrons. The van der Waals surface area contributed by atoms with E-state index >= 15 is 0 Å². The summed E-state index contributed by atoms with van der Waals surface area (Å²) in [6.45, 7) is 4.87. The molecule has 0 aromatic heterocycles. The van der Waals surface area contributed by atoms with Crippen LogP contribution in [0.25, 0.3) is 0 Å². The van der Waals surface area contributed by atoms with Crippen LogP contribution in [0.2, 0.25) is 0 Å². The van der Waals surface area contributed by atoms with Gasteiger partial charge in [-0.2, -0.15) is 0 Å². The lowest BCUT2D eigenvalue weighted by Crippen LogP contribution is -2.46. The molecular weight excluding hydrogens is 362 g/mol. The third-order valence-corrected chi connectivity index (χ3v) is 5.67. The van der Waals surface area contributed by atoms with Crippen LogP contribution in [0.1, 0.15) is 32.3 Å². The molecule has 1 N–H and O–H groups in total. The number of nitrogens with zero attached hydrogens (tertiary/aromatic N) is 2. The van der Waals surface area contributed by atoms with E-state index in [0.717, 1.165) is 17.7 Å². The predicted molar refractivity (Wildman–Crippen MR) is 102 cm³/mol. The summed E-state index contributed by atoms with van der Waals surface area (Å²) in [5.74, 6) is 0.919. The summed E-state index contributed by atoms with van der Waals surface area (Å²) in [4.78, 5) is 40.9. The smallest absolute Gasteiger partial charge is 0.325 e. The number of carbonyl (C=O) groups excluding carboxylic acids is 3. The quantitative estimate of drug-likeness (QED) is 0.775. The van der Waals surface area contributed by atoms with Crippen molar-refractivity contribution in [3.05, 3.63) is 23.8 Å². The maximum Gasteiger partial charge on any atom is 0.325 e. The molecule has 0 radical (unpaired) electrons. The molecule has 2 fully saturated rings. The monoisotopic (exact) mass is 389 g/mol. The van der Waals surface area contributed by atoms with Crippen molar-refractivity contribution in [3.63, 3.8) is 0 Å². The summed E-state index contributed by atoms with van der Waals surface area (Å²) in [6.07, 6.45) is 1.88. The molecule has 8 nitrogen and oxygen atoms in total. The van der Waals surface area contributed by atoms with Crippen LogP contribution in [0.3, 0.4) is 0 Å². The van der Waals surface area contributed by atoms with E-state index in [4.69, 9.17) is 9.47 Å². The van der Waals surface area contributed by atoms with Crippen molar-refractivity contribution in [2.75, 3.05) is 33.9 Å². The first-order chi connectivity index (χ1) is 13.3. The number of rotatable bonds is 5. The van der Waals surface area contributed by atoms with Crippen molar-refractivity contribution in [2.24, 2.45) is 5.92 Å². The fourth-order valence-electron chi connectivity index (χ4n) is 3.68. The SMILES string of the molecule is COc1ccc(C2(C)NC(=O)N(CC(=O)N3CCC(C)CC3)C2=O)cc1OC. The predicted octanol–water partition coefficient (Wildman–Crippen LogP) is 1.73. The van der Waals surface area contributed by atoms with E-state index in [9.17, 15) is 14.4 Å². The summed E-state index contributed by atoms with van der Waals surface area (Å²) in [7, 11) is 3.03. The Morgan fingerprint density at radius 2 is 1.82 bits per heavy atom. The van der Waals surface area contributed by atoms with Crippen molar-refractivity contribution in [1.82, 2.24) is 15.1 Å². The van der Waals surface area contributed by atoms with E-state index < -0.39 is 17.5 Å². The second-order valence-electron chi connectivity index (χ2n) is 7.58. The van der Waals surface area contributed by atoms with Gasteiger partial charge in [0.25, 0.3) is 5.91 Å². The van der Waals surface area contributed by atoms with Crippen LogP contribution in [0, 0.1) is 5.92 Å². The summed E-state index contributed by atoms with van der Waals surface area (Å²) in [6, 6.07) is 4.48. The second kappa shape index (κ2) is 7.69. The highest BCUT2D eigenvalue weighted by molar-refractivity contribution is 6.09. The fourth-order valence-corrected chi connectivity index (χ4v) is 3.68. The number of methoxy groups -OCH3 is 2. The van der Waals surface area contributed by atoms with Gasteiger partial charge in [-0.05, 0) is 43.4 Å². The molecule has 28 heavy (non-hydrogen) atoms. The maximum absolute atomic E-state index is 13.1. The van der Waals surface area contributed by atoms with Crippen molar-refractivity contribution >= 4 is 17.8 Å². The Morgan fingerprint density at radius 3 is 2.43 bits per heavy atom. The Labute approximate surface area is 164 Å². The second-order valence-corrected chi connectivity index (χ2v) is 7.58. The molecule has 2 saturated heterocycles. The molecule has 0 bridgehead atoms. The largest absolute Gasteiger partial charge is 0.493 e. The third kappa shape index (κ3) is 3.50. The molecule has 0 aliphatic carbocycles. The molecule has 0 saturated carbocycles. The Balaban J connectivity index is 1.78. The standard InChI is InChI=1S/C20H27N3O5/c1-13-7-9-22(10-8-13)17(24)12-23-18(25)20(2,21-19(23)26)14-5-6-15(27-3)16(11-14)28-4/h5-6,11,13H,7-10,12H2,1-4H3,(H,21,26). The molecule has 8 heteroatoms. The molecule has 4 amide bonds. The lowest BCUT2D eigenvalue weighted by atomic mass is 9.91. The molecule has 2 heterocycles. The lowest BCUT2D eigenvalue weighted by Gasteiger charge is -2.31. The summed E-state index contributed by atoms with van der Waals surface area (Å²) in [5.41, 5.74) is -0.710. The first-order valence-corrected chi connectivity index (χ1v) is 9.44. The minimum atomic E-state index is -1.27. The molecule has 1 aromatic carbocycles. The van der Waals surface area contributed by atoms with Crippen LogP contribution in [-0.2, 0) is 15.1 Å². The number of ether oxygens (including phenoxy) is 2. The van der Waals surface area contributed by atoms with Crippen molar-refractivity contribution in [3.8, 4) is 11.5 Å². The summed E-state index contributed by atoms with van der Waals surface area (Å²) < 4.78 is 10.5. The first kappa shape index (κ1) is 20.0. The maximum atomic E-state index is 13.1. The molecule has 3 rings (SSSR count). The normalized spacial score (nSPS) is 23.0. The van der Waals surface area contributed by atoms with Crippen molar-refractivity contribution < 1.29 is 23.9 Å². The van der Waals surface area contributed by atoms with Crippen LogP contribution in [0.4, 0.5) is 4.79 Å². The number of hydrogen-bond acceptors (Lipinski definition) is 5. The van der Waals surface area contributed by atoms with Crippen LogP contribution in [0.5, 0.6) is 11.5 Å². The average molecular weight is 389 g/mol. The number of nitrogens with one attached hydrogen (secondary N) is 1. The van der Waals surface area contributed by atoms with Crippen LogP contribution in [-0.4, -0.2) is 61.5 Å². The van der Waals surface area contributed by atoms with E-state index in [1.54, 1.807) is 30.0 Å². The molecule has 2 aliphatic rings. The van der Waals surface area contributed by atoms with Gasteiger partial charge in [0.05, 0.1) is 14.2 Å². The van der Waals surface area contributed by atoms with E-state index in [-0.39, 0.29) is 12.5 Å². The van der Waals surface area contributed by atoms with Gasteiger partial charge in [-0.15, -0.1) is 0 Å². The zero-order chi connectivity index (χ0) is 20.5.